The zero-order chi connectivity index (χ0) is 18.9. The third-order valence-electron chi connectivity index (χ3n) is 3.14. The minimum Gasteiger partial charge on any atom is -0.308 e. The zero-order valence-electron chi connectivity index (χ0n) is 14.0. The smallest absolute Gasteiger partial charge is 0.308 e. The van der Waals surface area contributed by atoms with E-state index in [1.165, 1.54) is 6.21 Å². The minimum absolute atomic E-state index is 0.00728. The molecular weight excluding hydrogens is 366 g/mol. The summed E-state index contributed by atoms with van der Waals surface area (Å²) in [5, 5.41) is 17.6. The van der Waals surface area contributed by atoms with Crippen LogP contribution >= 0.6 is 11.3 Å². The van der Waals surface area contributed by atoms with Crippen LogP contribution in [0.2, 0.25) is 0 Å². The fraction of sp³-hybridized carbons (Fsp3) is 0.0588. The number of hydrogen-bond acceptors (Lipinski definition) is 7. The van der Waals surface area contributed by atoms with Gasteiger partial charge in [0.05, 0.1) is 12.6 Å². The van der Waals surface area contributed by atoms with Crippen LogP contribution in [0.15, 0.2) is 60.0 Å². The molecule has 3 amide bonds. The van der Waals surface area contributed by atoms with Gasteiger partial charge in [0.15, 0.2) is 0 Å². The van der Waals surface area contributed by atoms with Gasteiger partial charge in [0.1, 0.15) is 5.01 Å². The molecule has 0 radical (unpaired) electrons. The second-order valence-corrected chi connectivity index (χ2v) is 6.26. The molecule has 136 valence electrons. The van der Waals surface area contributed by atoms with Crippen molar-refractivity contribution in [2.75, 3.05) is 10.6 Å². The van der Waals surface area contributed by atoms with Gasteiger partial charge in [-0.2, -0.15) is 5.10 Å². The first-order valence-electron chi connectivity index (χ1n) is 7.86. The van der Waals surface area contributed by atoms with E-state index in [2.05, 4.69) is 36.3 Å². The minimum atomic E-state index is -0.435. The van der Waals surface area contributed by atoms with E-state index in [-0.39, 0.29) is 12.3 Å². The summed E-state index contributed by atoms with van der Waals surface area (Å²) in [6.45, 7) is 0. The van der Waals surface area contributed by atoms with Gasteiger partial charge in [-0.25, -0.2) is 10.2 Å². The summed E-state index contributed by atoms with van der Waals surface area (Å²) in [7, 11) is 0. The molecule has 0 aliphatic rings. The quantitative estimate of drug-likeness (QED) is 0.447. The van der Waals surface area contributed by atoms with Crippen molar-refractivity contribution in [1.29, 1.82) is 0 Å². The van der Waals surface area contributed by atoms with E-state index < -0.39 is 6.03 Å². The number of nitrogens with zero attached hydrogens (tertiary/aromatic N) is 4. The lowest BCUT2D eigenvalue weighted by molar-refractivity contribution is -0.120. The summed E-state index contributed by atoms with van der Waals surface area (Å²) in [6.07, 6.45) is 4.79. The first-order chi connectivity index (χ1) is 13.2. The summed E-state index contributed by atoms with van der Waals surface area (Å²) in [5.74, 6) is -0.336. The van der Waals surface area contributed by atoms with E-state index in [0.717, 1.165) is 16.9 Å². The van der Waals surface area contributed by atoms with E-state index in [1.54, 1.807) is 36.7 Å². The van der Waals surface area contributed by atoms with Crippen molar-refractivity contribution in [1.82, 2.24) is 20.6 Å². The maximum absolute atomic E-state index is 11.9. The van der Waals surface area contributed by atoms with E-state index in [1.807, 2.05) is 18.2 Å². The lowest BCUT2D eigenvalue weighted by atomic mass is 10.3. The van der Waals surface area contributed by atoms with Crippen molar-refractivity contribution < 1.29 is 9.59 Å². The van der Waals surface area contributed by atoms with Crippen molar-refractivity contribution >= 4 is 40.3 Å². The average Bonchev–Trinajstić information content (AvgIpc) is 3.10. The largest absolute Gasteiger partial charge is 0.325 e. The lowest BCUT2D eigenvalue weighted by Crippen LogP contribution is -2.19. The van der Waals surface area contributed by atoms with E-state index >= 15 is 0 Å². The van der Waals surface area contributed by atoms with Crippen LogP contribution in [0, 0.1) is 0 Å². The van der Waals surface area contributed by atoms with Gasteiger partial charge in [-0.3, -0.25) is 15.1 Å². The second kappa shape index (κ2) is 9.15. The SMILES string of the molecule is O=C(Cc1nnc(NC(=O)Nc2ccccc2)s1)N/N=C\c1ccncc1. The molecule has 3 aromatic rings. The summed E-state index contributed by atoms with van der Waals surface area (Å²) in [4.78, 5) is 27.7. The molecule has 3 N–H and O–H groups in total. The normalized spacial score (nSPS) is 10.5. The van der Waals surface area contributed by atoms with Crippen LogP contribution in [-0.2, 0) is 11.2 Å². The Balaban J connectivity index is 1.46. The molecule has 10 heteroatoms. The van der Waals surface area contributed by atoms with Crippen molar-refractivity contribution in [3.63, 3.8) is 0 Å². The van der Waals surface area contributed by atoms with E-state index in [0.29, 0.717) is 15.8 Å². The molecule has 9 nitrogen and oxygen atoms in total. The van der Waals surface area contributed by atoms with E-state index in [9.17, 15) is 9.59 Å². The summed E-state index contributed by atoms with van der Waals surface area (Å²) < 4.78 is 0. The number of para-hydroxylation sites is 1. The van der Waals surface area contributed by atoms with Crippen LogP contribution in [0.25, 0.3) is 0 Å². The summed E-state index contributed by atoms with van der Waals surface area (Å²) in [6, 6.07) is 12.1. The predicted molar refractivity (Wildman–Crippen MR) is 103 cm³/mol. The topological polar surface area (TPSA) is 121 Å². The maximum atomic E-state index is 11.9. The Morgan fingerprint density at radius 3 is 2.59 bits per heavy atom. The highest BCUT2D eigenvalue weighted by Gasteiger charge is 2.11. The molecule has 2 aromatic heterocycles. The van der Waals surface area contributed by atoms with Gasteiger partial charge < -0.3 is 5.32 Å². The first kappa shape index (κ1) is 18.1. The number of pyridine rings is 1. The molecule has 0 bridgehead atoms. The van der Waals surface area contributed by atoms with Crippen LogP contribution in [0.5, 0.6) is 0 Å². The van der Waals surface area contributed by atoms with Crippen molar-refractivity contribution in [3.8, 4) is 0 Å². The molecule has 3 rings (SSSR count). The van der Waals surface area contributed by atoms with Gasteiger partial charge in [0, 0.05) is 18.1 Å². The van der Waals surface area contributed by atoms with Crippen molar-refractivity contribution in [2.24, 2.45) is 5.10 Å². The molecule has 27 heavy (non-hydrogen) atoms. The summed E-state index contributed by atoms with van der Waals surface area (Å²) >= 11 is 1.11. The molecule has 0 aliphatic heterocycles. The number of aromatic nitrogens is 3. The fourth-order valence-corrected chi connectivity index (χ4v) is 2.70. The third-order valence-corrected chi connectivity index (χ3v) is 3.98. The highest BCUT2D eigenvalue weighted by molar-refractivity contribution is 7.15. The Labute approximate surface area is 158 Å². The zero-order valence-corrected chi connectivity index (χ0v) is 14.8. The van der Waals surface area contributed by atoms with Gasteiger partial charge in [0.2, 0.25) is 11.0 Å². The van der Waals surface area contributed by atoms with Crippen LogP contribution in [0.1, 0.15) is 10.6 Å². The van der Waals surface area contributed by atoms with Crippen LogP contribution in [0.3, 0.4) is 0 Å². The number of rotatable bonds is 6. The number of nitrogens with one attached hydrogen (secondary N) is 3. The van der Waals surface area contributed by atoms with E-state index in [4.69, 9.17) is 0 Å². The van der Waals surface area contributed by atoms with Gasteiger partial charge in [-0.1, -0.05) is 29.5 Å². The molecule has 0 saturated heterocycles. The maximum Gasteiger partial charge on any atom is 0.325 e. The molecule has 2 heterocycles. The van der Waals surface area contributed by atoms with Crippen LogP contribution in [0.4, 0.5) is 15.6 Å². The monoisotopic (exact) mass is 381 g/mol. The van der Waals surface area contributed by atoms with Gasteiger partial charge in [0.25, 0.3) is 0 Å². The number of anilines is 2. The van der Waals surface area contributed by atoms with Crippen molar-refractivity contribution in [3.05, 3.63) is 65.4 Å². The Hall–Kier alpha value is -3.66. The molecule has 0 aliphatic carbocycles. The average molecular weight is 381 g/mol. The third kappa shape index (κ3) is 5.97. The molecule has 1 aromatic carbocycles. The highest BCUT2D eigenvalue weighted by atomic mass is 32.1. The number of carbonyl (C=O) groups excluding carboxylic acids is 2. The number of amides is 3. The van der Waals surface area contributed by atoms with Crippen molar-refractivity contribution in [2.45, 2.75) is 6.42 Å². The standard InChI is InChI=1S/C17H15N7O2S/c25-14(22-19-11-12-6-8-18-9-7-12)10-15-23-24-17(27-15)21-16(26)20-13-4-2-1-3-5-13/h1-9,11H,10H2,(H,22,25)(H2,20,21,24,26)/b19-11-. The predicted octanol–water partition coefficient (Wildman–Crippen LogP) is 2.27. The molecule has 0 unspecified atom stereocenters. The van der Waals surface area contributed by atoms with Gasteiger partial charge in [-0.15, -0.1) is 10.2 Å². The second-order valence-electron chi connectivity index (χ2n) is 5.20. The Morgan fingerprint density at radius 1 is 1.04 bits per heavy atom. The molecule has 0 spiro atoms. The number of benzene rings is 1. The number of urea groups is 1. The van der Waals surface area contributed by atoms with Crippen LogP contribution < -0.4 is 16.1 Å². The Bertz CT molecular complexity index is 929. The molecule has 0 saturated carbocycles. The number of hydrogen-bond donors (Lipinski definition) is 3. The molecular formula is C17H15N7O2S. The number of hydrazone groups is 1. The first-order valence-corrected chi connectivity index (χ1v) is 8.68. The lowest BCUT2D eigenvalue weighted by Gasteiger charge is -2.03. The highest BCUT2D eigenvalue weighted by Crippen LogP contribution is 2.16. The summed E-state index contributed by atoms with van der Waals surface area (Å²) in [5.41, 5.74) is 3.89. The van der Waals surface area contributed by atoms with Gasteiger partial charge >= 0.3 is 6.03 Å². The molecule has 0 atom stereocenters. The van der Waals surface area contributed by atoms with Crippen LogP contribution in [-0.4, -0.2) is 33.3 Å². The van der Waals surface area contributed by atoms with Gasteiger partial charge in [-0.05, 0) is 29.8 Å². The molecule has 0 fully saturated rings. The Kier molecular flexibility index (Phi) is 6.15. The Morgan fingerprint density at radius 2 is 1.81 bits per heavy atom. The fourth-order valence-electron chi connectivity index (χ4n) is 1.96. The number of carbonyl (C=O) groups is 2.